The molecule has 13 heteroatoms. The SMILES string of the molecule is O=C(COc1ccc(C(=O)CN2Cc3cc(N=C(NC(=O)OCc4ccccc4)NC(=O)OCc4ccccc4)ccc3C2=O)cc1)OCc1ccccc1. The smallest absolute Gasteiger partial charge is 0.414 e. The number of Topliss-reactive ketones (excluding diaryl/α,β-unsaturated/α-hetero) is 1. The number of carbonyl (C=O) groups excluding carboxylic acids is 5. The molecule has 0 fully saturated rings. The fourth-order valence-electron chi connectivity index (χ4n) is 5.42. The summed E-state index contributed by atoms with van der Waals surface area (Å²) >= 11 is 0. The largest absolute Gasteiger partial charge is 0.482 e. The maximum atomic E-state index is 13.2. The Morgan fingerprint density at radius 2 is 1.16 bits per heavy atom. The number of amides is 3. The van der Waals surface area contributed by atoms with E-state index in [0.29, 0.717) is 28.1 Å². The maximum absolute atomic E-state index is 13.2. The molecule has 0 bridgehead atoms. The third kappa shape index (κ3) is 11.1. The number of alkyl carbamates (subject to hydrolysis) is 2. The summed E-state index contributed by atoms with van der Waals surface area (Å²) in [6.45, 7) is -0.249. The summed E-state index contributed by atoms with van der Waals surface area (Å²) < 4.78 is 21.3. The van der Waals surface area contributed by atoms with Gasteiger partial charge in [0.05, 0.1) is 12.2 Å². The van der Waals surface area contributed by atoms with Gasteiger partial charge < -0.3 is 23.8 Å². The van der Waals surface area contributed by atoms with Crippen LogP contribution >= 0.6 is 0 Å². The van der Waals surface area contributed by atoms with Crippen LogP contribution in [0.1, 0.15) is 43.0 Å². The predicted octanol–water partition coefficient (Wildman–Crippen LogP) is 6.49. The molecule has 278 valence electrons. The van der Waals surface area contributed by atoms with Gasteiger partial charge in [0.2, 0.25) is 5.96 Å². The summed E-state index contributed by atoms with van der Waals surface area (Å²) in [7, 11) is 0. The Balaban J connectivity index is 1.05. The number of rotatable bonds is 13. The molecular formula is C42H36N4O9. The van der Waals surface area contributed by atoms with Crippen LogP contribution in [-0.2, 0) is 45.4 Å². The van der Waals surface area contributed by atoms with Crippen molar-refractivity contribution in [1.29, 1.82) is 0 Å². The van der Waals surface area contributed by atoms with Gasteiger partial charge in [-0.2, -0.15) is 0 Å². The highest BCUT2D eigenvalue weighted by Gasteiger charge is 2.29. The number of benzene rings is 5. The second-order valence-electron chi connectivity index (χ2n) is 12.2. The number of carbonyl (C=O) groups is 5. The lowest BCUT2D eigenvalue weighted by Crippen LogP contribution is -2.44. The number of guanidine groups is 1. The molecule has 0 aliphatic carbocycles. The Morgan fingerprint density at radius 3 is 1.71 bits per heavy atom. The lowest BCUT2D eigenvalue weighted by molar-refractivity contribution is -0.147. The number of ketones is 1. The molecular weight excluding hydrogens is 704 g/mol. The molecule has 2 N–H and O–H groups in total. The van der Waals surface area contributed by atoms with Crippen LogP contribution in [-0.4, -0.2) is 53.9 Å². The van der Waals surface area contributed by atoms with Crippen molar-refractivity contribution in [2.45, 2.75) is 26.4 Å². The quantitative estimate of drug-likeness (QED) is 0.0452. The fourth-order valence-corrected chi connectivity index (χ4v) is 5.42. The summed E-state index contributed by atoms with van der Waals surface area (Å²) in [6.07, 6.45) is -1.74. The van der Waals surface area contributed by atoms with Crippen molar-refractivity contribution < 1.29 is 42.9 Å². The zero-order valence-corrected chi connectivity index (χ0v) is 29.5. The number of hydrogen-bond acceptors (Lipinski definition) is 10. The number of hydrogen-bond donors (Lipinski definition) is 2. The third-order valence-corrected chi connectivity index (χ3v) is 8.19. The van der Waals surface area contributed by atoms with E-state index < -0.39 is 18.2 Å². The molecule has 1 aliphatic heterocycles. The van der Waals surface area contributed by atoms with E-state index >= 15 is 0 Å². The normalized spacial score (nSPS) is 11.5. The van der Waals surface area contributed by atoms with Gasteiger partial charge in [-0.3, -0.25) is 20.2 Å². The van der Waals surface area contributed by atoms with Crippen LogP contribution in [0.25, 0.3) is 0 Å². The van der Waals surface area contributed by atoms with E-state index in [-0.39, 0.29) is 57.2 Å². The summed E-state index contributed by atoms with van der Waals surface area (Å²) in [5, 5.41) is 4.89. The van der Waals surface area contributed by atoms with Gasteiger partial charge in [0.1, 0.15) is 25.6 Å². The average Bonchev–Trinajstić information content (AvgIpc) is 3.52. The molecule has 5 aromatic carbocycles. The van der Waals surface area contributed by atoms with Crippen molar-refractivity contribution in [3.05, 3.63) is 167 Å². The van der Waals surface area contributed by atoms with Crippen molar-refractivity contribution in [3.63, 3.8) is 0 Å². The molecule has 3 amide bonds. The second kappa shape index (κ2) is 18.5. The molecule has 55 heavy (non-hydrogen) atoms. The monoisotopic (exact) mass is 740 g/mol. The number of aliphatic imine (C=N–C) groups is 1. The second-order valence-corrected chi connectivity index (χ2v) is 12.2. The lowest BCUT2D eigenvalue weighted by atomic mass is 10.1. The van der Waals surface area contributed by atoms with Crippen molar-refractivity contribution >= 4 is 41.5 Å². The Bertz CT molecular complexity index is 2100. The molecule has 0 atom stereocenters. The van der Waals surface area contributed by atoms with Gasteiger partial charge in [0.15, 0.2) is 12.4 Å². The van der Waals surface area contributed by atoms with Crippen LogP contribution in [0.3, 0.4) is 0 Å². The van der Waals surface area contributed by atoms with Gasteiger partial charge in [-0.05, 0) is 64.7 Å². The molecule has 0 saturated carbocycles. The van der Waals surface area contributed by atoms with Crippen molar-refractivity contribution in [3.8, 4) is 5.75 Å². The summed E-state index contributed by atoms with van der Waals surface area (Å²) in [4.78, 5) is 69.7. The first-order valence-corrected chi connectivity index (χ1v) is 17.2. The van der Waals surface area contributed by atoms with Crippen LogP contribution < -0.4 is 15.4 Å². The van der Waals surface area contributed by atoms with Gasteiger partial charge in [0, 0.05) is 17.7 Å². The highest BCUT2D eigenvalue weighted by atomic mass is 16.6. The van der Waals surface area contributed by atoms with E-state index in [1.165, 1.54) is 4.90 Å². The summed E-state index contributed by atoms with van der Waals surface area (Å²) in [5.41, 5.74) is 4.03. The molecule has 6 rings (SSSR count). The highest BCUT2D eigenvalue weighted by Crippen LogP contribution is 2.27. The predicted molar refractivity (Wildman–Crippen MR) is 200 cm³/mol. The minimum Gasteiger partial charge on any atom is -0.482 e. The first-order chi connectivity index (χ1) is 26.8. The van der Waals surface area contributed by atoms with E-state index in [1.807, 2.05) is 66.7 Å². The zero-order valence-electron chi connectivity index (χ0n) is 29.5. The number of esters is 1. The third-order valence-electron chi connectivity index (χ3n) is 8.19. The van der Waals surface area contributed by atoms with Crippen LogP contribution in [0.15, 0.2) is 138 Å². The Labute approximate surface area is 316 Å². The molecule has 0 radical (unpaired) electrons. The average molecular weight is 741 g/mol. The van der Waals surface area contributed by atoms with Gasteiger partial charge in [-0.25, -0.2) is 19.4 Å². The minimum atomic E-state index is -0.868. The number of fused-ring (bicyclic) bond motifs is 1. The molecule has 0 saturated heterocycles. The minimum absolute atomic E-state index is 0.0160. The van der Waals surface area contributed by atoms with Crippen molar-refractivity contribution in [2.24, 2.45) is 4.99 Å². The van der Waals surface area contributed by atoms with Crippen molar-refractivity contribution in [2.75, 3.05) is 13.2 Å². The topological polar surface area (TPSA) is 162 Å². The van der Waals surface area contributed by atoms with E-state index in [0.717, 1.165) is 16.7 Å². The Morgan fingerprint density at radius 1 is 0.636 bits per heavy atom. The lowest BCUT2D eigenvalue weighted by Gasteiger charge is -2.14. The Kier molecular flexibility index (Phi) is 12.6. The first-order valence-electron chi connectivity index (χ1n) is 17.2. The van der Waals surface area contributed by atoms with Crippen LogP contribution in [0.5, 0.6) is 5.75 Å². The first kappa shape index (κ1) is 37.5. The summed E-state index contributed by atoms with van der Waals surface area (Å²) in [5.74, 6) is -1.05. The van der Waals surface area contributed by atoms with Crippen LogP contribution in [0, 0.1) is 0 Å². The number of nitrogens with zero attached hydrogens (tertiary/aromatic N) is 2. The number of nitrogens with one attached hydrogen (secondary N) is 2. The molecule has 0 unspecified atom stereocenters. The molecule has 0 aromatic heterocycles. The van der Waals surface area contributed by atoms with Gasteiger partial charge >= 0.3 is 18.2 Å². The van der Waals surface area contributed by atoms with Gasteiger partial charge in [0.25, 0.3) is 5.91 Å². The standard InChI is InChI=1S/C42H36N4O9/c47-37(32-16-19-35(20-17-32)52-28-38(48)53-25-29-10-4-1-5-11-29)24-46-23-33-22-34(18-21-36(33)39(46)49)43-40(44-41(50)54-26-30-12-6-2-7-13-30)45-42(51)55-27-31-14-8-3-9-15-31/h1-22H,23-28H2,(H2,43,44,45,50,51). The van der Waals surface area contributed by atoms with E-state index in [1.54, 1.807) is 66.7 Å². The molecule has 13 nitrogen and oxygen atoms in total. The van der Waals surface area contributed by atoms with E-state index in [2.05, 4.69) is 15.6 Å². The molecule has 0 spiro atoms. The van der Waals surface area contributed by atoms with E-state index in [9.17, 15) is 24.0 Å². The van der Waals surface area contributed by atoms with E-state index in [4.69, 9.17) is 18.9 Å². The van der Waals surface area contributed by atoms with Gasteiger partial charge in [-0.15, -0.1) is 0 Å². The fraction of sp³-hybridized carbons (Fsp3) is 0.143. The number of ether oxygens (including phenoxy) is 4. The maximum Gasteiger partial charge on any atom is 0.414 e. The van der Waals surface area contributed by atoms with Gasteiger partial charge in [-0.1, -0.05) is 91.0 Å². The molecule has 1 aliphatic rings. The van der Waals surface area contributed by atoms with Crippen LogP contribution in [0.4, 0.5) is 15.3 Å². The highest BCUT2D eigenvalue weighted by molar-refractivity contribution is 6.05. The Hall–Kier alpha value is -7.28. The molecule has 1 heterocycles. The summed E-state index contributed by atoms with van der Waals surface area (Å²) in [6, 6.07) is 38.4. The van der Waals surface area contributed by atoms with Crippen molar-refractivity contribution in [1.82, 2.24) is 15.5 Å². The molecule has 5 aromatic rings. The zero-order chi connectivity index (χ0) is 38.4. The van der Waals surface area contributed by atoms with Crippen LogP contribution in [0.2, 0.25) is 0 Å².